The molecule has 0 aliphatic heterocycles. The van der Waals surface area contributed by atoms with Crippen molar-refractivity contribution in [2.75, 3.05) is 0 Å². The molecule has 0 saturated heterocycles. The Hall–Kier alpha value is -2.96. The first-order valence-corrected chi connectivity index (χ1v) is 6.53. The summed E-state index contributed by atoms with van der Waals surface area (Å²) in [6.45, 7) is 0. The van der Waals surface area contributed by atoms with Crippen LogP contribution in [0.15, 0.2) is 57.9 Å². The quantitative estimate of drug-likeness (QED) is 0.706. The van der Waals surface area contributed by atoms with Crippen molar-refractivity contribution in [3.05, 3.63) is 54.3 Å². The standard InChI is InChI=1S/C16H10F3NO3/c17-16(18,19)23-11-7-5-10(6-8-11)20-9-14-12-3-1-2-4-13(12)15(21)22-14/h1-9,21H. The molecule has 1 aromatic heterocycles. The van der Waals surface area contributed by atoms with Crippen molar-refractivity contribution in [3.8, 4) is 11.7 Å². The molecule has 0 radical (unpaired) electrons. The van der Waals surface area contributed by atoms with Crippen LogP contribution in [0.5, 0.6) is 11.7 Å². The Labute approximate surface area is 128 Å². The van der Waals surface area contributed by atoms with Gasteiger partial charge in [-0.25, -0.2) is 0 Å². The van der Waals surface area contributed by atoms with Crippen LogP contribution in [0, 0.1) is 0 Å². The van der Waals surface area contributed by atoms with E-state index in [0.29, 0.717) is 22.2 Å². The normalized spacial score (nSPS) is 12.1. The second kappa shape index (κ2) is 5.68. The van der Waals surface area contributed by atoms with Gasteiger partial charge in [0.25, 0.3) is 5.95 Å². The molecule has 1 heterocycles. The van der Waals surface area contributed by atoms with Gasteiger partial charge in [0.1, 0.15) is 5.75 Å². The predicted octanol–water partition coefficient (Wildman–Crippen LogP) is 4.79. The summed E-state index contributed by atoms with van der Waals surface area (Å²) in [5, 5.41) is 10.9. The third-order valence-corrected chi connectivity index (χ3v) is 3.03. The van der Waals surface area contributed by atoms with Crippen molar-refractivity contribution in [3.63, 3.8) is 0 Å². The average molecular weight is 321 g/mol. The van der Waals surface area contributed by atoms with Crippen LogP contribution >= 0.6 is 0 Å². The van der Waals surface area contributed by atoms with Gasteiger partial charge < -0.3 is 14.3 Å². The van der Waals surface area contributed by atoms with Gasteiger partial charge in [0.2, 0.25) is 0 Å². The first-order chi connectivity index (χ1) is 10.9. The lowest BCUT2D eigenvalue weighted by Crippen LogP contribution is -2.16. The van der Waals surface area contributed by atoms with Gasteiger partial charge in [0.05, 0.1) is 17.3 Å². The summed E-state index contributed by atoms with van der Waals surface area (Å²) in [4.78, 5) is 4.11. The molecule has 0 spiro atoms. The van der Waals surface area contributed by atoms with E-state index >= 15 is 0 Å². The summed E-state index contributed by atoms with van der Waals surface area (Å²) in [6.07, 6.45) is -3.34. The Balaban J connectivity index is 1.82. The van der Waals surface area contributed by atoms with Crippen molar-refractivity contribution in [1.82, 2.24) is 0 Å². The largest absolute Gasteiger partial charge is 0.573 e. The van der Waals surface area contributed by atoms with Crippen molar-refractivity contribution in [1.29, 1.82) is 0 Å². The van der Waals surface area contributed by atoms with E-state index < -0.39 is 6.36 Å². The highest BCUT2D eigenvalue weighted by atomic mass is 19.4. The van der Waals surface area contributed by atoms with Crippen LogP contribution in [0.4, 0.5) is 18.9 Å². The fraction of sp³-hybridized carbons (Fsp3) is 0.0625. The van der Waals surface area contributed by atoms with Crippen LogP contribution in [0.25, 0.3) is 10.8 Å². The van der Waals surface area contributed by atoms with Crippen molar-refractivity contribution < 1.29 is 27.4 Å². The Morgan fingerprint density at radius 3 is 2.30 bits per heavy atom. The van der Waals surface area contributed by atoms with Crippen molar-refractivity contribution >= 4 is 22.7 Å². The lowest BCUT2D eigenvalue weighted by molar-refractivity contribution is -0.274. The number of aliphatic imine (C=N–C) groups is 1. The number of halogens is 3. The van der Waals surface area contributed by atoms with Gasteiger partial charge in [-0.1, -0.05) is 18.2 Å². The van der Waals surface area contributed by atoms with E-state index in [-0.39, 0.29) is 11.7 Å². The molecule has 3 aromatic rings. The lowest BCUT2D eigenvalue weighted by Gasteiger charge is -2.08. The number of alkyl halides is 3. The molecule has 7 heteroatoms. The number of hydrogen-bond acceptors (Lipinski definition) is 4. The molecule has 118 valence electrons. The van der Waals surface area contributed by atoms with Crippen LogP contribution < -0.4 is 4.74 Å². The summed E-state index contributed by atoms with van der Waals surface area (Å²) in [6, 6.07) is 12.1. The number of fused-ring (bicyclic) bond motifs is 1. The predicted molar refractivity (Wildman–Crippen MR) is 78.3 cm³/mol. The SMILES string of the molecule is Oc1oc(C=Nc2ccc(OC(F)(F)F)cc2)c2ccccc12. The topological polar surface area (TPSA) is 55.0 Å². The number of benzene rings is 2. The van der Waals surface area contributed by atoms with E-state index in [2.05, 4.69) is 9.73 Å². The Morgan fingerprint density at radius 2 is 1.65 bits per heavy atom. The number of hydrogen-bond donors (Lipinski definition) is 1. The van der Waals surface area contributed by atoms with E-state index in [9.17, 15) is 18.3 Å². The molecule has 0 bridgehead atoms. The molecule has 0 amide bonds. The number of nitrogens with zero attached hydrogens (tertiary/aromatic N) is 1. The van der Waals surface area contributed by atoms with Gasteiger partial charge in [0.15, 0.2) is 5.76 Å². The highest BCUT2D eigenvalue weighted by Gasteiger charge is 2.30. The minimum atomic E-state index is -4.73. The van der Waals surface area contributed by atoms with Crippen molar-refractivity contribution in [2.45, 2.75) is 6.36 Å². The highest BCUT2D eigenvalue weighted by molar-refractivity contribution is 6.00. The fourth-order valence-electron chi connectivity index (χ4n) is 2.06. The van der Waals surface area contributed by atoms with E-state index in [4.69, 9.17) is 4.42 Å². The Morgan fingerprint density at radius 1 is 1.00 bits per heavy atom. The Kier molecular flexibility index (Phi) is 3.69. The zero-order chi connectivity index (χ0) is 16.4. The smallest absolute Gasteiger partial charge is 0.480 e. The van der Waals surface area contributed by atoms with Gasteiger partial charge >= 0.3 is 6.36 Å². The van der Waals surface area contributed by atoms with Gasteiger partial charge in [-0.15, -0.1) is 13.2 Å². The summed E-state index contributed by atoms with van der Waals surface area (Å²) >= 11 is 0. The zero-order valence-corrected chi connectivity index (χ0v) is 11.5. The van der Waals surface area contributed by atoms with E-state index in [1.165, 1.54) is 18.3 Å². The van der Waals surface area contributed by atoms with Gasteiger partial charge in [-0.3, -0.25) is 4.99 Å². The molecule has 0 atom stereocenters. The van der Waals surface area contributed by atoms with Gasteiger partial charge in [0, 0.05) is 5.39 Å². The second-order valence-electron chi connectivity index (χ2n) is 4.62. The monoisotopic (exact) mass is 321 g/mol. The van der Waals surface area contributed by atoms with E-state index in [1.807, 2.05) is 0 Å². The summed E-state index contributed by atoms with van der Waals surface area (Å²) in [5.74, 6) is -0.178. The average Bonchev–Trinajstić information content (AvgIpc) is 2.82. The molecule has 0 aliphatic rings. The molecule has 3 rings (SSSR count). The molecular formula is C16H10F3NO3. The van der Waals surface area contributed by atoms with E-state index in [1.54, 1.807) is 24.3 Å². The molecule has 1 N–H and O–H groups in total. The number of furan rings is 1. The van der Waals surface area contributed by atoms with Crippen LogP contribution in [-0.4, -0.2) is 17.7 Å². The maximum atomic E-state index is 12.1. The van der Waals surface area contributed by atoms with Crippen LogP contribution in [0.3, 0.4) is 0 Å². The summed E-state index contributed by atoms with van der Waals surface area (Å²) in [7, 11) is 0. The maximum absolute atomic E-state index is 12.1. The van der Waals surface area contributed by atoms with Gasteiger partial charge in [-0.05, 0) is 30.3 Å². The highest BCUT2D eigenvalue weighted by Crippen LogP contribution is 2.30. The number of ether oxygens (including phenoxy) is 1. The molecular weight excluding hydrogens is 311 g/mol. The third-order valence-electron chi connectivity index (χ3n) is 3.03. The maximum Gasteiger partial charge on any atom is 0.573 e. The van der Waals surface area contributed by atoms with Crippen molar-refractivity contribution in [2.24, 2.45) is 4.99 Å². The van der Waals surface area contributed by atoms with Crippen LogP contribution in [0.1, 0.15) is 5.76 Å². The van der Waals surface area contributed by atoms with E-state index in [0.717, 1.165) is 12.1 Å². The number of aromatic hydroxyl groups is 1. The molecule has 4 nitrogen and oxygen atoms in total. The summed E-state index contributed by atoms with van der Waals surface area (Å²) < 4.78 is 45.2. The third kappa shape index (κ3) is 3.45. The van der Waals surface area contributed by atoms with Crippen LogP contribution in [-0.2, 0) is 0 Å². The number of rotatable bonds is 3. The molecule has 23 heavy (non-hydrogen) atoms. The second-order valence-corrected chi connectivity index (χ2v) is 4.62. The Bertz CT molecular complexity index is 851. The molecule has 2 aromatic carbocycles. The van der Waals surface area contributed by atoms with Gasteiger partial charge in [-0.2, -0.15) is 0 Å². The minimum absolute atomic E-state index is 0.212. The summed E-state index contributed by atoms with van der Waals surface area (Å²) in [5.41, 5.74) is 0.416. The molecule has 0 fully saturated rings. The minimum Gasteiger partial charge on any atom is -0.480 e. The fourth-order valence-corrected chi connectivity index (χ4v) is 2.06. The molecule has 0 saturated carbocycles. The first-order valence-electron chi connectivity index (χ1n) is 6.53. The lowest BCUT2D eigenvalue weighted by atomic mass is 10.2. The zero-order valence-electron chi connectivity index (χ0n) is 11.5. The molecule has 0 unspecified atom stereocenters. The molecule has 0 aliphatic carbocycles. The first kappa shape index (κ1) is 15.0. The van der Waals surface area contributed by atoms with Crippen LogP contribution in [0.2, 0.25) is 0 Å².